The summed E-state index contributed by atoms with van der Waals surface area (Å²) in [5.74, 6) is -0.0189. The van der Waals surface area contributed by atoms with Crippen molar-refractivity contribution in [2.24, 2.45) is 0 Å². The fraction of sp³-hybridized carbons (Fsp3) is 0.833. The number of ether oxygens (including phenoxy) is 1. The molecular weight excluding hydrogens is 132 g/mol. The van der Waals surface area contributed by atoms with Crippen LogP contribution in [0, 0.1) is 0 Å². The highest BCUT2D eigenvalue weighted by Crippen LogP contribution is 2.22. The van der Waals surface area contributed by atoms with Crippen LogP contribution in [0.5, 0.6) is 0 Å². The van der Waals surface area contributed by atoms with Crippen molar-refractivity contribution in [3.05, 3.63) is 0 Å². The van der Waals surface area contributed by atoms with Gasteiger partial charge in [-0.25, -0.2) is 0 Å². The summed E-state index contributed by atoms with van der Waals surface area (Å²) in [7, 11) is 1.15. The first kappa shape index (κ1) is 6.80. The molecule has 1 saturated heterocycles. The molecule has 3 heteroatoms. The Morgan fingerprint density at radius 2 is 2.44 bits per heavy atom. The van der Waals surface area contributed by atoms with Crippen molar-refractivity contribution >= 4 is 16.2 Å². The van der Waals surface area contributed by atoms with Crippen molar-refractivity contribution in [3.8, 4) is 0 Å². The minimum Gasteiger partial charge on any atom is -0.463 e. The van der Waals surface area contributed by atoms with E-state index in [-0.39, 0.29) is 12.1 Å². The van der Waals surface area contributed by atoms with Gasteiger partial charge in [-0.15, -0.1) is 0 Å². The van der Waals surface area contributed by atoms with E-state index >= 15 is 0 Å². The SMILES string of the molecule is CC1OC(=O)CCC1[SiH3]. The molecule has 1 heterocycles. The number of cyclic esters (lactones) is 1. The van der Waals surface area contributed by atoms with Gasteiger partial charge in [0.15, 0.2) is 0 Å². The van der Waals surface area contributed by atoms with Gasteiger partial charge in [-0.1, -0.05) is 0 Å². The van der Waals surface area contributed by atoms with E-state index in [1.54, 1.807) is 0 Å². The van der Waals surface area contributed by atoms with Gasteiger partial charge in [-0.05, 0) is 18.9 Å². The summed E-state index contributed by atoms with van der Waals surface area (Å²) in [5.41, 5.74) is 0.683. The molecular formula is C6H12O2Si. The highest BCUT2D eigenvalue weighted by atomic mass is 28.1. The van der Waals surface area contributed by atoms with Gasteiger partial charge in [-0.2, -0.15) is 0 Å². The van der Waals surface area contributed by atoms with Crippen molar-refractivity contribution in [2.75, 3.05) is 0 Å². The molecule has 0 bridgehead atoms. The molecule has 2 unspecified atom stereocenters. The molecule has 1 rings (SSSR count). The smallest absolute Gasteiger partial charge is 0.306 e. The second-order valence-electron chi connectivity index (χ2n) is 2.71. The maximum atomic E-state index is 10.6. The quantitative estimate of drug-likeness (QED) is 0.349. The molecule has 1 aliphatic heterocycles. The van der Waals surface area contributed by atoms with Gasteiger partial charge >= 0.3 is 5.97 Å². The molecule has 0 radical (unpaired) electrons. The van der Waals surface area contributed by atoms with Crippen LogP contribution in [0.4, 0.5) is 0 Å². The van der Waals surface area contributed by atoms with Gasteiger partial charge < -0.3 is 4.74 Å². The van der Waals surface area contributed by atoms with Gasteiger partial charge in [0.1, 0.15) is 0 Å². The predicted molar refractivity (Wildman–Crippen MR) is 38.5 cm³/mol. The standard InChI is InChI=1S/C6H12O2Si/c1-4-5(9)2-3-6(7)8-4/h4-5H,2-3H2,1,9H3. The monoisotopic (exact) mass is 144 g/mol. The summed E-state index contributed by atoms with van der Waals surface area (Å²) in [6.45, 7) is 1.98. The van der Waals surface area contributed by atoms with E-state index < -0.39 is 0 Å². The third-order valence-electron chi connectivity index (χ3n) is 1.92. The van der Waals surface area contributed by atoms with Crippen LogP contribution in [0.2, 0.25) is 5.54 Å². The zero-order chi connectivity index (χ0) is 6.85. The Balaban J connectivity index is 2.44. The second-order valence-corrected chi connectivity index (χ2v) is 4.19. The highest BCUT2D eigenvalue weighted by Gasteiger charge is 2.22. The summed E-state index contributed by atoms with van der Waals surface area (Å²) in [6.07, 6.45) is 1.88. The van der Waals surface area contributed by atoms with Crippen LogP contribution >= 0.6 is 0 Å². The number of rotatable bonds is 0. The van der Waals surface area contributed by atoms with Crippen LogP contribution in [0.25, 0.3) is 0 Å². The highest BCUT2D eigenvalue weighted by molar-refractivity contribution is 6.12. The van der Waals surface area contributed by atoms with Crippen LogP contribution in [-0.4, -0.2) is 22.3 Å². The molecule has 0 N–H and O–H groups in total. The molecule has 0 aromatic carbocycles. The minimum absolute atomic E-state index is 0.0189. The lowest BCUT2D eigenvalue weighted by Crippen LogP contribution is -2.26. The van der Waals surface area contributed by atoms with Crippen LogP contribution in [0.3, 0.4) is 0 Å². The van der Waals surface area contributed by atoms with E-state index in [1.807, 2.05) is 6.92 Å². The molecule has 0 aliphatic carbocycles. The van der Waals surface area contributed by atoms with E-state index in [4.69, 9.17) is 4.74 Å². The van der Waals surface area contributed by atoms with Crippen LogP contribution in [-0.2, 0) is 9.53 Å². The average Bonchev–Trinajstić information content (AvgIpc) is 1.80. The van der Waals surface area contributed by atoms with E-state index in [0.29, 0.717) is 12.0 Å². The van der Waals surface area contributed by atoms with Crippen molar-refractivity contribution < 1.29 is 9.53 Å². The Bertz CT molecular complexity index is 124. The van der Waals surface area contributed by atoms with Gasteiger partial charge in [0.25, 0.3) is 0 Å². The van der Waals surface area contributed by atoms with Gasteiger partial charge in [0, 0.05) is 16.7 Å². The molecule has 1 aliphatic rings. The van der Waals surface area contributed by atoms with E-state index in [9.17, 15) is 4.79 Å². The second kappa shape index (κ2) is 2.52. The van der Waals surface area contributed by atoms with Crippen LogP contribution < -0.4 is 0 Å². The van der Waals surface area contributed by atoms with Gasteiger partial charge in [0.05, 0.1) is 6.10 Å². The fourth-order valence-electron chi connectivity index (χ4n) is 0.963. The molecule has 0 spiro atoms. The zero-order valence-electron chi connectivity index (χ0n) is 5.89. The Hall–Kier alpha value is -0.313. The first-order chi connectivity index (χ1) is 4.20. The lowest BCUT2D eigenvalue weighted by molar-refractivity contribution is -0.152. The Morgan fingerprint density at radius 3 is 2.89 bits per heavy atom. The molecule has 0 aromatic heterocycles. The van der Waals surface area contributed by atoms with Crippen molar-refractivity contribution in [1.29, 1.82) is 0 Å². The van der Waals surface area contributed by atoms with Crippen molar-refractivity contribution in [3.63, 3.8) is 0 Å². The topological polar surface area (TPSA) is 26.3 Å². The number of hydrogen-bond acceptors (Lipinski definition) is 2. The van der Waals surface area contributed by atoms with Crippen LogP contribution in [0.15, 0.2) is 0 Å². The van der Waals surface area contributed by atoms with Crippen molar-refractivity contribution in [1.82, 2.24) is 0 Å². The van der Waals surface area contributed by atoms with Crippen LogP contribution in [0.1, 0.15) is 19.8 Å². The Kier molecular flexibility index (Phi) is 1.90. The first-order valence-electron chi connectivity index (χ1n) is 3.39. The third-order valence-corrected chi connectivity index (χ3v) is 3.44. The summed E-state index contributed by atoms with van der Waals surface area (Å²) in [4.78, 5) is 10.6. The number of hydrogen-bond donors (Lipinski definition) is 0. The molecule has 52 valence electrons. The van der Waals surface area contributed by atoms with Crippen molar-refractivity contribution in [2.45, 2.75) is 31.4 Å². The Morgan fingerprint density at radius 1 is 1.78 bits per heavy atom. The Labute approximate surface area is 58.0 Å². The molecule has 0 amide bonds. The lowest BCUT2D eigenvalue weighted by Gasteiger charge is -2.24. The zero-order valence-corrected chi connectivity index (χ0v) is 7.89. The fourth-order valence-corrected chi connectivity index (χ4v) is 1.39. The number of carbonyl (C=O) groups excluding carboxylic acids is 1. The molecule has 1 fully saturated rings. The largest absolute Gasteiger partial charge is 0.463 e. The van der Waals surface area contributed by atoms with Gasteiger partial charge in [-0.3, -0.25) is 4.79 Å². The number of esters is 1. The normalized spacial score (nSPS) is 36.3. The summed E-state index contributed by atoms with van der Waals surface area (Å²) < 4.78 is 4.99. The molecule has 2 atom stereocenters. The van der Waals surface area contributed by atoms with E-state index in [2.05, 4.69) is 0 Å². The minimum atomic E-state index is -0.0189. The molecule has 2 nitrogen and oxygen atoms in total. The number of carbonyl (C=O) groups is 1. The summed E-state index contributed by atoms with van der Waals surface area (Å²) in [5, 5.41) is 0. The molecule has 0 saturated carbocycles. The molecule has 0 aromatic rings. The third kappa shape index (κ3) is 1.54. The van der Waals surface area contributed by atoms with E-state index in [1.165, 1.54) is 0 Å². The lowest BCUT2D eigenvalue weighted by atomic mass is 10.1. The maximum Gasteiger partial charge on any atom is 0.306 e. The molecule has 9 heavy (non-hydrogen) atoms. The average molecular weight is 144 g/mol. The summed E-state index contributed by atoms with van der Waals surface area (Å²) >= 11 is 0. The predicted octanol–water partition coefficient (Wildman–Crippen LogP) is -0.134. The first-order valence-corrected chi connectivity index (χ1v) is 4.55. The van der Waals surface area contributed by atoms with E-state index in [0.717, 1.165) is 16.7 Å². The maximum absolute atomic E-state index is 10.6. The summed E-state index contributed by atoms with van der Waals surface area (Å²) in [6, 6.07) is 0. The van der Waals surface area contributed by atoms with Gasteiger partial charge in [0.2, 0.25) is 0 Å².